The predicted octanol–water partition coefficient (Wildman–Crippen LogP) is 0.288. The van der Waals surface area contributed by atoms with Gasteiger partial charge in [-0.25, -0.2) is 10.1 Å². The lowest BCUT2D eigenvalue weighted by Crippen LogP contribution is -2.20. The molecule has 0 fully saturated rings. The molecule has 3 aromatic heterocycles. The summed E-state index contributed by atoms with van der Waals surface area (Å²) in [6.07, 6.45) is 1.52. The van der Waals surface area contributed by atoms with E-state index in [1.807, 2.05) is 0 Å². The summed E-state index contributed by atoms with van der Waals surface area (Å²) in [5.74, 6) is 0.211. The molecule has 1 amide bonds. The monoisotopic (exact) mass is 316 g/mol. The van der Waals surface area contributed by atoms with E-state index in [9.17, 15) is 4.79 Å². The maximum absolute atomic E-state index is 12.2. The van der Waals surface area contributed by atoms with Gasteiger partial charge in [-0.1, -0.05) is 5.21 Å². The largest absolute Gasteiger partial charge is 0.463 e. The van der Waals surface area contributed by atoms with E-state index in [-0.39, 0.29) is 17.3 Å². The number of rotatable bonds is 4. The molecule has 118 valence electrons. The van der Waals surface area contributed by atoms with Crippen LogP contribution in [0.15, 0.2) is 32.5 Å². The van der Waals surface area contributed by atoms with Crippen LogP contribution in [0.5, 0.6) is 0 Å². The molecule has 0 unspecified atom stereocenters. The van der Waals surface area contributed by atoms with Crippen LogP contribution in [0.3, 0.4) is 0 Å². The van der Waals surface area contributed by atoms with Gasteiger partial charge in [0.1, 0.15) is 11.5 Å². The number of amides is 1. The summed E-state index contributed by atoms with van der Waals surface area (Å²) in [5.41, 5.74) is 8.97. The van der Waals surface area contributed by atoms with Crippen molar-refractivity contribution in [3.63, 3.8) is 0 Å². The van der Waals surface area contributed by atoms with Gasteiger partial charge in [-0.3, -0.25) is 4.79 Å². The highest BCUT2D eigenvalue weighted by Crippen LogP contribution is 2.14. The summed E-state index contributed by atoms with van der Waals surface area (Å²) < 4.78 is 10.9. The molecule has 11 heteroatoms. The topological polar surface area (TPSA) is 150 Å². The van der Waals surface area contributed by atoms with Crippen LogP contribution in [0, 0.1) is 6.92 Å². The van der Waals surface area contributed by atoms with Gasteiger partial charge in [0.2, 0.25) is 11.6 Å². The number of hydrogen-bond acceptors (Lipinski definition) is 9. The Balaban J connectivity index is 1.80. The van der Waals surface area contributed by atoms with Gasteiger partial charge < -0.3 is 10.2 Å². The molecule has 3 N–H and O–H groups in total. The molecule has 0 aliphatic heterocycles. The summed E-state index contributed by atoms with van der Waals surface area (Å²) in [6.45, 7) is 3.33. The number of nitrogen functional groups attached to an aromatic ring is 1. The lowest BCUT2D eigenvalue weighted by molar-refractivity contribution is 0.0949. The van der Waals surface area contributed by atoms with E-state index >= 15 is 0 Å². The Morgan fingerprint density at radius 2 is 2.26 bits per heavy atom. The Morgan fingerprint density at radius 1 is 1.43 bits per heavy atom. The summed E-state index contributed by atoms with van der Waals surface area (Å²) in [4.78, 5) is 12.2. The van der Waals surface area contributed by atoms with Gasteiger partial charge in [0.05, 0.1) is 12.0 Å². The summed E-state index contributed by atoms with van der Waals surface area (Å²) in [6, 6.07) is 3.45. The normalized spacial score (nSPS) is 11.7. The van der Waals surface area contributed by atoms with Crippen LogP contribution in [0.25, 0.3) is 5.82 Å². The molecule has 0 saturated carbocycles. The average molecular weight is 316 g/mol. The number of furan rings is 1. The second-order valence-electron chi connectivity index (χ2n) is 4.52. The zero-order valence-electron chi connectivity index (χ0n) is 12.2. The Bertz CT molecular complexity index is 861. The van der Waals surface area contributed by atoms with Gasteiger partial charge in [-0.15, -0.1) is 5.10 Å². The van der Waals surface area contributed by atoms with E-state index in [4.69, 9.17) is 10.2 Å². The van der Waals surface area contributed by atoms with Gasteiger partial charge in [-0.2, -0.15) is 9.78 Å². The molecule has 3 rings (SSSR count). The minimum Gasteiger partial charge on any atom is -0.463 e. The molecule has 23 heavy (non-hydrogen) atoms. The van der Waals surface area contributed by atoms with Crippen molar-refractivity contribution < 1.29 is 13.8 Å². The number of aromatic nitrogens is 5. The van der Waals surface area contributed by atoms with E-state index in [0.717, 1.165) is 0 Å². The Hall–Kier alpha value is -3.50. The minimum absolute atomic E-state index is 0.0386. The summed E-state index contributed by atoms with van der Waals surface area (Å²) >= 11 is 0. The van der Waals surface area contributed by atoms with Crippen molar-refractivity contribution in [1.29, 1.82) is 0 Å². The van der Waals surface area contributed by atoms with Crippen LogP contribution in [-0.4, -0.2) is 36.9 Å². The predicted molar refractivity (Wildman–Crippen MR) is 76.7 cm³/mol. The number of hydrogen-bond donors (Lipinski definition) is 2. The molecule has 0 radical (unpaired) electrons. The van der Waals surface area contributed by atoms with Gasteiger partial charge >= 0.3 is 0 Å². The zero-order valence-corrected chi connectivity index (χ0v) is 12.2. The number of nitrogens with one attached hydrogen (secondary N) is 1. The number of carbonyl (C=O) groups is 1. The van der Waals surface area contributed by atoms with Crippen molar-refractivity contribution in [1.82, 2.24) is 30.7 Å². The first-order chi connectivity index (χ1) is 11.1. The molecule has 0 aliphatic carbocycles. The first-order valence-corrected chi connectivity index (χ1v) is 6.47. The number of nitrogens with zero attached hydrogens (tertiary/aromatic N) is 6. The van der Waals surface area contributed by atoms with Crippen LogP contribution in [0.4, 0.5) is 5.82 Å². The average Bonchev–Trinajstić information content (AvgIpc) is 3.25. The van der Waals surface area contributed by atoms with Crippen LogP contribution in [0.1, 0.15) is 28.9 Å². The molecule has 0 bridgehead atoms. The summed E-state index contributed by atoms with van der Waals surface area (Å²) in [7, 11) is 0. The number of anilines is 1. The van der Waals surface area contributed by atoms with Crippen LogP contribution < -0.4 is 11.2 Å². The smallest absolute Gasteiger partial charge is 0.293 e. The van der Waals surface area contributed by atoms with E-state index in [0.29, 0.717) is 17.2 Å². The Labute approximate surface area is 129 Å². The van der Waals surface area contributed by atoms with E-state index in [2.05, 4.69) is 35.8 Å². The quantitative estimate of drug-likeness (QED) is 0.515. The maximum Gasteiger partial charge on any atom is 0.293 e. The zero-order chi connectivity index (χ0) is 16.4. The van der Waals surface area contributed by atoms with Gasteiger partial charge in [-0.05, 0) is 36.3 Å². The number of carbonyl (C=O) groups excluding carboxylic acids is 1. The van der Waals surface area contributed by atoms with Gasteiger partial charge in [0.25, 0.3) is 5.91 Å². The molecule has 0 spiro atoms. The molecular formula is C12H12N8O3. The maximum atomic E-state index is 12.2. The third-order valence-corrected chi connectivity index (χ3v) is 3.01. The third kappa shape index (κ3) is 2.66. The van der Waals surface area contributed by atoms with Crippen LogP contribution in [0.2, 0.25) is 0 Å². The van der Waals surface area contributed by atoms with Crippen molar-refractivity contribution in [3.8, 4) is 5.82 Å². The molecule has 0 aromatic carbocycles. The highest BCUT2D eigenvalue weighted by atomic mass is 16.6. The van der Waals surface area contributed by atoms with Crippen LogP contribution >= 0.6 is 0 Å². The van der Waals surface area contributed by atoms with E-state index in [1.54, 1.807) is 26.0 Å². The van der Waals surface area contributed by atoms with Crippen molar-refractivity contribution in [2.75, 3.05) is 5.73 Å². The fourth-order valence-electron chi connectivity index (χ4n) is 1.81. The van der Waals surface area contributed by atoms with Crippen molar-refractivity contribution >= 4 is 17.4 Å². The highest BCUT2D eigenvalue weighted by Gasteiger charge is 2.20. The summed E-state index contributed by atoms with van der Waals surface area (Å²) in [5, 5.41) is 18.6. The van der Waals surface area contributed by atoms with Gasteiger partial charge in [0, 0.05) is 0 Å². The van der Waals surface area contributed by atoms with Crippen LogP contribution in [-0.2, 0) is 0 Å². The number of nitrogens with two attached hydrogens (primary N) is 1. The fourth-order valence-corrected chi connectivity index (χ4v) is 1.81. The lowest BCUT2D eigenvalue weighted by atomic mass is 10.3. The molecule has 3 heterocycles. The standard InChI is InChI=1S/C12H12N8O3/c1-6(8-4-3-5-22-8)14-16-12(21)9-7(2)20(19-15-9)11-10(13)17-23-18-11/h3-5H,1-2H3,(H2,13,17)(H,16,21)/b14-6+. The SMILES string of the molecule is C/C(=N\NC(=O)c1nnn(-c2nonc2N)c1C)c1ccco1. The first-order valence-electron chi connectivity index (χ1n) is 6.47. The van der Waals surface area contributed by atoms with Gasteiger partial charge in [0.15, 0.2) is 5.69 Å². The van der Waals surface area contributed by atoms with E-state index in [1.165, 1.54) is 10.9 Å². The first kappa shape index (κ1) is 14.4. The third-order valence-electron chi connectivity index (χ3n) is 3.01. The second-order valence-corrected chi connectivity index (χ2v) is 4.52. The molecule has 3 aromatic rings. The molecule has 0 aliphatic rings. The second kappa shape index (κ2) is 5.71. The highest BCUT2D eigenvalue weighted by molar-refractivity contribution is 5.98. The molecule has 11 nitrogen and oxygen atoms in total. The fraction of sp³-hybridized carbons (Fsp3) is 0.167. The molecular weight excluding hydrogens is 304 g/mol. The molecule has 0 saturated heterocycles. The van der Waals surface area contributed by atoms with E-state index < -0.39 is 5.91 Å². The lowest BCUT2D eigenvalue weighted by Gasteiger charge is -2.00. The van der Waals surface area contributed by atoms with Crippen molar-refractivity contribution in [2.45, 2.75) is 13.8 Å². The Morgan fingerprint density at radius 3 is 2.91 bits per heavy atom. The van der Waals surface area contributed by atoms with Crippen molar-refractivity contribution in [2.24, 2.45) is 5.10 Å². The van der Waals surface area contributed by atoms with Crippen molar-refractivity contribution in [3.05, 3.63) is 35.5 Å². The Kier molecular flexibility index (Phi) is 3.58. The number of hydrazone groups is 1. The minimum atomic E-state index is -0.533. The molecule has 0 atom stereocenters.